The van der Waals surface area contributed by atoms with E-state index in [1.807, 2.05) is 25.1 Å². The lowest BCUT2D eigenvalue weighted by Crippen LogP contribution is -2.50. The zero-order valence-electron chi connectivity index (χ0n) is 10.4. The van der Waals surface area contributed by atoms with Gasteiger partial charge in [-0.15, -0.1) is 0 Å². The molecule has 1 fully saturated rings. The molecule has 0 radical (unpaired) electrons. The Morgan fingerprint density at radius 3 is 2.72 bits per heavy atom. The van der Waals surface area contributed by atoms with E-state index in [0.29, 0.717) is 18.7 Å². The lowest BCUT2D eigenvalue weighted by molar-refractivity contribution is -0.133. The zero-order valence-corrected chi connectivity index (χ0v) is 12.6. The summed E-state index contributed by atoms with van der Waals surface area (Å²) in [6.07, 6.45) is 0. The molecule has 96 valence electrons. The molecule has 1 aliphatic rings. The van der Waals surface area contributed by atoms with Crippen molar-refractivity contribution in [2.75, 3.05) is 26.7 Å². The lowest BCUT2D eigenvalue weighted by Gasteiger charge is -2.32. The Labute approximate surface area is 120 Å². The summed E-state index contributed by atoms with van der Waals surface area (Å²) < 4.78 is 0.964. The van der Waals surface area contributed by atoms with Crippen molar-refractivity contribution >= 4 is 34.4 Å². The first-order chi connectivity index (χ1) is 8.50. The Bertz CT molecular complexity index is 502. The molecule has 1 saturated heterocycles. The largest absolute Gasteiger partial charge is 0.342 e. The third-order valence-electron chi connectivity index (χ3n) is 3.17. The van der Waals surface area contributed by atoms with Gasteiger partial charge in [0.05, 0.1) is 5.56 Å². The third kappa shape index (κ3) is 2.50. The van der Waals surface area contributed by atoms with Crippen molar-refractivity contribution in [1.82, 2.24) is 9.80 Å². The van der Waals surface area contributed by atoms with Crippen molar-refractivity contribution in [2.24, 2.45) is 0 Å². The van der Waals surface area contributed by atoms with Crippen LogP contribution in [0.15, 0.2) is 18.2 Å². The van der Waals surface area contributed by atoms with E-state index in [0.717, 1.165) is 9.13 Å². The van der Waals surface area contributed by atoms with E-state index in [-0.39, 0.29) is 18.4 Å². The Kier molecular flexibility index (Phi) is 3.89. The molecule has 0 bridgehead atoms. The van der Waals surface area contributed by atoms with Gasteiger partial charge in [0.2, 0.25) is 5.91 Å². The number of carbonyl (C=O) groups excluding carboxylic acids is 2. The van der Waals surface area contributed by atoms with Gasteiger partial charge in [0.25, 0.3) is 5.91 Å². The van der Waals surface area contributed by atoms with Gasteiger partial charge < -0.3 is 9.80 Å². The Hall–Kier alpha value is -1.11. The van der Waals surface area contributed by atoms with Crippen LogP contribution >= 0.6 is 22.6 Å². The highest BCUT2D eigenvalue weighted by Crippen LogP contribution is 2.19. The van der Waals surface area contributed by atoms with Gasteiger partial charge in [0, 0.05) is 23.7 Å². The average molecular weight is 358 g/mol. The molecular weight excluding hydrogens is 343 g/mol. The second-order valence-corrected chi connectivity index (χ2v) is 5.56. The van der Waals surface area contributed by atoms with Crippen LogP contribution in [0.4, 0.5) is 0 Å². The Morgan fingerprint density at radius 1 is 1.33 bits per heavy atom. The fourth-order valence-corrected chi connectivity index (χ4v) is 2.51. The van der Waals surface area contributed by atoms with E-state index >= 15 is 0 Å². The highest BCUT2D eigenvalue weighted by molar-refractivity contribution is 14.1. The number of halogens is 1. The molecule has 5 heteroatoms. The van der Waals surface area contributed by atoms with Gasteiger partial charge in [-0.2, -0.15) is 0 Å². The van der Waals surface area contributed by atoms with Crippen molar-refractivity contribution in [2.45, 2.75) is 6.92 Å². The topological polar surface area (TPSA) is 40.6 Å². The molecule has 18 heavy (non-hydrogen) atoms. The number of aryl methyl sites for hydroxylation is 1. The maximum absolute atomic E-state index is 12.4. The maximum Gasteiger partial charge on any atom is 0.255 e. The summed E-state index contributed by atoms with van der Waals surface area (Å²) in [5.41, 5.74) is 1.77. The van der Waals surface area contributed by atoms with Crippen molar-refractivity contribution in [3.8, 4) is 0 Å². The number of piperazine rings is 1. The molecule has 0 unspecified atom stereocenters. The molecule has 1 aliphatic heterocycles. The summed E-state index contributed by atoms with van der Waals surface area (Å²) in [5, 5.41) is 0. The van der Waals surface area contributed by atoms with Gasteiger partial charge in [-0.25, -0.2) is 0 Å². The molecule has 0 N–H and O–H groups in total. The van der Waals surface area contributed by atoms with Crippen molar-refractivity contribution in [3.63, 3.8) is 0 Å². The van der Waals surface area contributed by atoms with E-state index < -0.39 is 0 Å². The number of hydrogen-bond donors (Lipinski definition) is 0. The minimum atomic E-state index is -0.0513. The summed E-state index contributed by atoms with van der Waals surface area (Å²) in [5.74, 6) is -0.0539. The number of hydrogen-bond acceptors (Lipinski definition) is 2. The fourth-order valence-electron chi connectivity index (χ4n) is 1.91. The van der Waals surface area contributed by atoms with Crippen LogP contribution in [0.2, 0.25) is 0 Å². The predicted octanol–water partition coefficient (Wildman–Crippen LogP) is 1.51. The minimum absolute atomic E-state index is 0.00254. The van der Waals surface area contributed by atoms with Gasteiger partial charge >= 0.3 is 0 Å². The number of rotatable bonds is 1. The quantitative estimate of drug-likeness (QED) is 0.715. The molecule has 0 aromatic heterocycles. The van der Waals surface area contributed by atoms with E-state index in [4.69, 9.17) is 0 Å². The van der Waals surface area contributed by atoms with Crippen LogP contribution in [0.3, 0.4) is 0 Å². The molecule has 1 aromatic carbocycles. The van der Waals surface area contributed by atoms with Gasteiger partial charge in [0.15, 0.2) is 0 Å². The summed E-state index contributed by atoms with van der Waals surface area (Å²) in [4.78, 5) is 27.3. The molecule has 0 atom stereocenters. The molecule has 4 nitrogen and oxygen atoms in total. The highest BCUT2D eigenvalue weighted by atomic mass is 127. The molecule has 0 saturated carbocycles. The Balaban J connectivity index is 2.22. The molecule has 2 rings (SSSR count). The first kappa shape index (κ1) is 13.3. The summed E-state index contributed by atoms with van der Waals surface area (Å²) in [7, 11) is 1.76. The van der Waals surface area contributed by atoms with Crippen LogP contribution in [0.25, 0.3) is 0 Å². The predicted molar refractivity (Wildman–Crippen MR) is 77.4 cm³/mol. The van der Waals surface area contributed by atoms with Crippen molar-refractivity contribution < 1.29 is 9.59 Å². The SMILES string of the molecule is Cc1cccc(C(=O)N2CCN(C)C(=O)C2)c1I. The van der Waals surface area contributed by atoms with Gasteiger partial charge in [-0.05, 0) is 41.1 Å². The number of amides is 2. The summed E-state index contributed by atoms with van der Waals surface area (Å²) in [6, 6.07) is 5.68. The number of benzene rings is 1. The monoisotopic (exact) mass is 358 g/mol. The fraction of sp³-hybridized carbons (Fsp3) is 0.385. The summed E-state index contributed by atoms with van der Waals surface area (Å²) in [6.45, 7) is 3.37. The summed E-state index contributed by atoms with van der Waals surface area (Å²) >= 11 is 2.18. The second-order valence-electron chi connectivity index (χ2n) is 4.48. The van der Waals surface area contributed by atoms with E-state index in [9.17, 15) is 9.59 Å². The van der Waals surface area contributed by atoms with Gasteiger partial charge in [-0.1, -0.05) is 12.1 Å². The average Bonchev–Trinajstić information content (AvgIpc) is 2.35. The minimum Gasteiger partial charge on any atom is -0.342 e. The Morgan fingerprint density at radius 2 is 2.06 bits per heavy atom. The molecule has 1 aromatic rings. The first-order valence-corrected chi connectivity index (χ1v) is 6.87. The highest BCUT2D eigenvalue weighted by Gasteiger charge is 2.26. The van der Waals surface area contributed by atoms with E-state index in [1.165, 1.54) is 0 Å². The van der Waals surface area contributed by atoms with Crippen molar-refractivity contribution in [1.29, 1.82) is 0 Å². The number of carbonyl (C=O) groups is 2. The molecule has 0 aliphatic carbocycles. The third-order valence-corrected chi connectivity index (χ3v) is 4.60. The zero-order chi connectivity index (χ0) is 13.3. The van der Waals surface area contributed by atoms with Crippen LogP contribution in [0.5, 0.6) is 0 Å². The second kappa shape index (κ2) is 5.26. The number of likely N-dealkylation sites (N-methyl/N-ethyl adjacent to an activating group) is 1. The van der Waals surface area contributed by atoms with E-state index in [1.54, 1.807) is 16.8 Å². The lowest BCUT2D eigenvalue weighted by atomic mass is 10.1. The van der Waals surface area contributed by atoms with Crippen molar-refractivity contribution in [3.05, 3.63) is 32.9 Å². The standard InChI is InChI=1S/C13H15IN2O2/c1-9-4-3-5-10(12(9)14)13(18)16-7-6-15(2)11(17)8-16/h3-5H,6-8H2,1-2H3. The van der Waals surface area contributed by atoms with Crippen LogP contribution in [0.1, 0.15) is 15.9 Å². The molecular formula is C13H15IN2O2. The van der Waals surface area contributed by atoms with E-state index in [2.05, 4.69) is 22.6 Å². The molecule has 1 heterocycles. The van der Waals surface area contributed by atoms with Gasteiger partial charge in [0.1, 0.15) is 6.54 Å². The maximum atomic E-state index is 12.4. The molecule has 0 spiro atoms. The molecule has 2 amide bonds. The smallest absolute Gasteiger partial charge is 0.255 e. The first-order valence-electron chi connectivity index (χ1n) is 5.79. The van der Waals surface area contributed by atoms with Crippen LogP contribution in [-0.2, 0) is 4.79 Å². The van der Waals surface area contributed by atoms with Crippen LogP contribution < -0.4 is 0 Å². The van der Waals surface area contributed by atoms with Gasteiger partial charge in [-0.3, -0.25) is 9.59 Å². The van der Waals surface area contributed by atoms with Crippen LogP contribution in [0, 0.1) is 10.5 Å². The number of nitrogens with zero attached hydrogens (tertiary/aromatic N) is 2. The normalized spacial score (nSPS) is 16.1. The van der Waals surface area contributed by atoms with Crippen LogP contribution in [-0.4, -0.2) is 48.3 Å².